The fraction of sp³-hybridized carbons (Fsp3) is 0.471. The van der Waals surface area contributed by atoms with Crippen molar-refractivity contribution in [3.05, 3.63) is 41.6 Å². The Balaban J connectivity index is 2.50. The zero-order chi connectivity index (χ0) is 15.2. The fourth-order valence-corrected chi connectivity index (χ4v) is 2.57. The van der Waals surface area contributed by atoms with Crippen LogP contribution in [0.4, 0.5) is 5.82 Å². The summed E-state index contributed by atoms with van der Waals surface area (Å²) < 4.78 is 1.96. The predicted molar refractivity (Wildman–Crippen MR) is 87.0 cm³/mol. The van der Waals surface area contributed by atoms with E-state index in [0.29, 0.717) is 0 Å². The lowest BCUT2D eigenvalue weighted by Gasteiger charge is -2.25. The molecule has 0 aliphatic heterocycles. The summed E-state index contributed by atoms with van der Waals surface area (Å²) in [6.07, 6.45) is 2.29. The molecule has 0 amide bonds. The molecule has 0 radical (unpaired) electrons. The Morgan fingerprint density at radius 1 is 1.19 bits per heavy atom. The number of para-hydroxylation sites is 1. The third-order valence-electron chi connectivity index (χ3n) is 3.78. The van der Waals surface area contributed by atoms with Gasteiger partial charge in [-0.25, -0.2) is 4.68 Å². The van der Waals surface area contributed by atoms with E-state index < -0.39 is 0 Å². The van der Waals surface area contributed by atoms with Crippen molar-refractivity contribution >= 4 is 5.82 Å². The van der Waals surface area contributed by atoms with Crippen LogP contribution in [-0.4, -0.2) is 28.0 Å². The average Bonchev–Trinajstić information content (AvgIpc) is 2.86. The average molecular weight is 287 g/mol. The summed E-state index contributed by atoms with van der Waals surface area (Å²) in [6.45, 7) is 8.22. The van der Waals surface area contributed by atoms with E-state index in [2.05, 4.69) is 23.8 Å². The van der Waals surface area contributed by atoms with Gasteiger partial charge in [0.15, 0.2) is 0 Å². The van der Waals surface area contributed by atoms with E-state index in [4.69, 9.17) is 0 Å². The van der Waals surface area contributed by atoms with E-state index in [1.807, 2.05) is 41.9 Å². The molecule has 0 atom stereocenters. The van der Waals surface area contributed by atoms with E-state index in [0.717, 1.165) is 48.7 Å². The molecule has 0 bridgehead atoms. The van der Waals surface area contributed by atoms with Gasteiger partial charge in [-0.1, -0.05) is 31.5 Å². The highest BCUT2D eigenvalue weighted by atomic mass is 16.3. The van der Waals surface area contributed by atoms with Crippen LogP contribution in [-0.2, 0) is 6.61 Å². The molecule has 0 saturated heterocycles. The van der Waals surface area contributed by atoms with Crippen molar-refractivity contribution in [2.75, 3.05) is 18.0 Å². The van der Waals surface area contributed by atoms with Gasteiger partial charge in [0.05, 0.1) is 18.0 Å². The van der Waals surface area contributed by atoms with Crippen molar-refractivity contribution in [2.24, 2.45) is 0 Å². The number of nitrogens with zero attached hydrogens (tertiary/aromatic N) is 3. The van der Waals surface area contributed by atoms with E-state index in [1.54, 1.807) is 0 Å². The van der Waals surface area contributed by atoms with Gasteiger partial charge in [-0.05, 0) is 32.4 Å². The summed E-state index contributed by atoms with van der Waals surface area (Å²) >= 11 is 0. The monoisotopic (exact) mass is 287 g/mol. The van der Waals surface area contributed by atoms with Crippen LogP contribution in [0.5, 0.6) is 0 Å². The van der Waals surface area contributed by atoms with Gasteiger partial charge in [0, 0.05) is 18.7 Å². The van der Waals surface area contributed by atoms with E-state index in [9.17, 15) is 5.11 Å². The van der Waals surface area contributed by atoms with Gasteiger partial charge in [-0.2, -0.15) is 5.10 Å². The summed E-state index contributed by atoms with van der Waals surface area (Å²) in [5.74, 6) is 1.03. The zero-order valence-corrected chi connectivity index (χ0v) is 13.2. The largest absolute Gasteiger partial charge is 0.391 e. The predicted octanol–water partition coefficient (Wildman–Crippen LogP) is 3.30. The number of hydrogen-bond donors (Lipinski definition) is 1. The zero-order valence-electron chi connectivity index (χ0n) is 13.2. The number of aliphatic hydroxyl groups is 1. The molecule has 0 aliphatic carbocycles. The SMILES string of the molecule is CCCCN(CC)c1c(CO)c(C)nn1-c1ccccc1. The Morgan fingerprint density at radius 2 is 1.90 bits per heavy atom. The van der Waals surface area contributed by atoms with E-state index in [-0.39, 0.29) is 6.61 Å². The van der Waals surface area contributed by atoms with Crippen LogP contribution in [0, 0.1) is 6.92 Å². The number of benzene rings is 1. The maximum Gasteiger partial charge on any atom is 0.138 e. The molecule has 2 rings (SSSR count). The number of unbranched alkanes of at least 4 members (excludes halogenated alkanes) is 1. The number of aromatic nitrogens is 2. The molecule has 0 unspecified atom stereocenters. The third-order valence-corrected chi connectivity index (χ3v) is 3.78. The molecule has 114 valence electrons. The molecular formula is C17H25N3O. The minimum Gasteiger partial charge on any atom is -0.391 e. The highest BCUT2D eigenvalue weighted by Crippen LogP contribution is 2.27. The first-order chi connectivity index (χ1) is 10.2. The number of aliphatic hydroxyl groups excluding tert-OH is 1. The summed E-state index contributed by atoms with van der Waals surface area (Å²) in [4.78, 5) is 2.31. The first-order valence-electron chi connectivity index (χ1n) is 7.72. The number of aryl methyl sites for hydroxylation is 1. The summed E-state index contributed by atoms with van der Waals surface area (Å²) in [5.41, 5.74) is 2.85. The second-order valence-electron chi connectivity index (χ2n) is 5.23. The summed E-state index contributed by atoms with van der Waals surface area (Å²) in [7, 11) is 0. The van der Waals surface area contributed by atoms with Gasteiger partial charge in [-0.15, -0.1) is 0 Å². The van der Waals surface area contributed by atoms with Gasteiger partial charge in [0.25, 0.3) is 0 Å². The Hall–Kier alpha value is -1.81. The topological polar surface area (TPSA) is 41.3 Å². The van der Waals surface area contributed by atoms with E-state index >= 15 is 0 Å². The lowest BCUT2D eigenvalue weighted by molar-refractivity contribution is 0.281. The standard InChI is InChI=1S/C17H25N3O/c1-4-6-12-19(5-2)17-16(13-21)14(3)18-20(17)15-10-8-7-9-11-15/h7-11,21H,4-6,12-13H2,1-3H3. The van der Waals surface area contributed by atoms with Crippen LogP contribution in [0.25, 0.3) is 5.69 Å². The van der Waals surface area contributed by atoms with Crippen molar-refractivity contribution in [2.45, 2.75) is 40.2 Å². The molecule has 0 spiro atoms. The van der Waals surface area contributed by atoms with Crippen LogP contribution in [0.15, 0.2) is 30.3 Å². The van der Waals surface area contributed by atoms with Gasteiger partial charge in [0.1, 0.15) is 5.82 Å². The third kappa shape index (κ3) is 3.27. The highest BCUT2D eigenvalue weighted by molar-refractivity contribution is 5.55. The van der Waals surface area contributed by atoms with Crippen molar-refractivity contribution in [1.29, 1.82) is 0 Å². The molecule has 4 heteroatoms. The molecule has 0 aliphatic rings. The molecule has 0 fully saturated rings. The van der Waals surface area contributed by atoms with Gasteiger partial charge in [-0.3, -0.25) is 0 Å². The smallest absolute Gasteiger partial charge is 0.138 e. The number of anilines is 1. The van der Waals surface area contributed by atoms with Crippen LogP contribution >= 0.6 is 0 Å². The molecule has 1 aromatic heterocycles. The first-order valence-corrected chi connectivity index (χ1v) is 7.72. The van der Waals surface area contributed by atoms with Crippen molar-refractivity contribution in [3.63, 3.8) is 0 Å². The molecule has 1 N–H and O–H groups in total. The molecule has 0 saturated carbocycles. The van der Waals surface area contributed by atoms with Crippen LogP contribution in [0.3, 0.4) is 0 Å². The Bertz CT molecular complexity index is 563. The molecular weight excluding hydrogens is 262 g/mol. The van der Waals surface area contributed by atoms with Crippen LogP contribution < -0.4 is 4.90 Å². The summed E-state index contributed by atoms with van der Waals surface area (Å²) in [5, 5.41) is 14.4. The van der Waals surface area contributed by atoms with Crippen LogP contribution in [0.1, 0.15) is 37.9 Å². The molecule has 4 nitrogen and oxygen atoms in total. The fourth-order valence-electron chi connectivity index (χ4n) is 2.57. The van der Waals surface area contributed by atoms with Crippen molar-refractivity contribution in [1.82, 2.24) is 9.78 Å². The van der Waals surface area contributed by atoms with E-state index in [1.165, 1.54) is 0 Å². The number of hydrogen-bond acceptors (Lipinski definition) is 3. The minimum absolute atomic E-state index is 0.0244. The number of rotatable bonds is 7. The second-order valence-corrected chi connectivity index (χ2v) is 5.23. The maximum atomic E-state index is 9.75. The Labute approximate surface area is 127 Å². The molecule has 1 heterocycles. The quantitative estimate of drug-likeness (QED) is 0.849. The lowest BCUT2D eigenvalue weighted by atomic mass is 10.2. The second kappa shape index (κ2) is 7.27. The van der Waals surface area contributed by atoms with Crippen molar-refractivity contribution < 1.29 is 5.11 Å². The molecule has 21 heavy (non-hydrogen) atoms. The Morgan fingerprint density at radius 3 is 2.48 bits per heavy atom. The van der Waals surface area contributed by atoms with Crippen molar-refractivity contribution in [3.8, 4) is 5.69 Å². The van der Waals surface area contributed by atoms with Gasteiger partial charge >= 0.3 is 0 Å². The lowest BCUT2D eigenvalue weighted by Crippen LogP contribution is -2.27. The summed E-state index contributed by atoms with van der Waals surface area (Å²) in [6, 6.07) is 10.1. The van der Waals surface area contributed by atoms with Gasteiger partial charge in [0.2, 0.25) is 0 Å². The highest BCUT2D eigenvalue weighted by Gasteiger charge is 2.20. The first kappa shape index (κ1) is 15.6. The van der Waals surface area contributed by atoms with Gasteiger partial charge < -0.3 is 10.0 Å². The normalized spacial score (nSPS) is 10.9. The van der Waals surface area contributed by atoms with Crippen LogP contribution in [0.2, 0.25) is 0 Å². The Kier molecular flexibility index (Phi) is 5.39. The minimum atomic E-state index is 0.0244. The maximum absolute atomic E-state index is 9.75. The molecule has 2 aromatic rings. The molecule has 1 aromatic carbocycles.